The Morgan fingerprint density at radius 1 is 0.615 bits per heavy atom. The van der Waals surface area contributed by atoms with Gasteiger partial charge < -0.3 is 40.3 Å². The Balaban J connectivity index is 1.87. The van der Waals surface area contributed by atoms with Crippen LogP contribution in [0.25, 0.3) is 0 Å². The predicted octanol–water partition coefficient (Wildman–Crippen LogP) is 11.8. The van der Waals surface area contributed by atoms with Crippen molar-refractivity contribution in [1.29, 1.82) is 0 Å². The molecule has 10 heteroatoms. The number of carbonyl (C=O) groups is 2. The highest BCUT2D eigenvalue weighted by Gasteiger charge is 2.47. The number of carbonyl (C=O) groups excluding carboxylic acids is 2. The first-order valence-corrected chi connectivity index (χ1v) is 26.9. The van der Waals surface area contributed by atoms with Gasteiger partial charge in [-0.15, -0.1) is 0 Å². The van der Waals surface area contributed by atoms with Crippen LogP contribution in [0.15, 0.2) is 42.5 Å². The van der Waals surface area contributed by atoms with Crippen molar-refractivity contribution in [2.24, 2.45) is 0 Å². The van der Waals surface area contributed by atoms with Gasteiger partial charge >= 0.3 is 0 Å². The molecule has 2 rings (SSSR count). The third-order valence-corrected chi connectivity index (χ3v) is 13.4. The minimum absolute atomic E-state index is 0.202. The summed E-state index contributed by atoms with van der Waals surface area (Å²) in [6.45, 7) is 3.41. The highest BCUT2D eigenvalue weighted by atomic mass is 16.7. The average Bonchev–Trinajstić information content (AvgIpc) is 3.32. The Labute approximate surface area is 396 Å². The van der Waals surface area contributed by atoms with E-state index >= 15 is 0 Å². The summed E-state index contributed by atoms with van der Waals surface area (Å²) >= 11 is 0. The summed E-state index contributed by atoms with van der Waals surface area (Å²) in [5, 5.41) is 56.4. The molecule has 0 aromatic heterocycles. The van der Waals surface area contributed by atoms with Crippen LogP contribution in [0.2, 0.25) is 0 Å². The average molecular weight is 916 g/mol. The van der Waals surface area contributed by atoms with E-state index in [2.05, 4.69) is 19.2 Å². The summed E-state index contributed by atoms with van der Waals surface area (Å²) in [6.07, 6.45) is 36.5. The van der Waals surface area contributed by atoms with E-state index < -0.39 is 61.3 Å². The van der Waals surface area contributed by atoms with Crippen LogP contribution < -0.4 is 5.32 Å². The number of allylic oxidation sites excluding steroid dienone is 1. The van der Waals surface area contributed by atoms with Crippen molar-refractivity contribution in [2.75, 3.05) is 13.2 Å². The number of unbranched alkanes of at least 4 members (excludes halogenated alkanes) is 31. The van der Waals surface area contributed by atoms with Crippen molar-refractivity contribution in [3.8, 4) is 0 Å². The standard InChI is InChI=1S/C55H97NO9/c1-3-5-7-9-11-13-15-17-18-19-20-21-22-23-24-25-27-29-31-33-38-42-49(58)56-48(45-64-54-52(61)51(60)50(59)47(44-57)65-54)55(63,53(62)46-40-36-35-37-41-46)43-39-34-32-30-28-26-16-14-12-10-8-6-4-2/h35-37,39-41,43,47-48,50-52,54,57,59-61,63H,3-34,38,42,44-45H2,1-2H3,(H,56,58)/b43-39+/t47-,48-,50-,51+,52-,54?,55+/m1/s1. The summed E-state index contributed by atoms with van der Waals surface area (Å²) in [5.74, 6) is -0.965. The van der Waals surface area contributed by atoms with Crippen LogP contribution in [-0.4, -0.2) is 92.8 Å². The van der Waals surface area contributed by atoms with Crippen LogP contribution in [0.1, 0.15) is 243 Å². The maximum atomic E-state index is 14.2. The Hall–Kier alpha value is -2.18. The minimum Gasteiger partial charge on any atom is -0.394 e. The van der Waals surface area contributed by atoms with Crippen LogP contribution in [0, 0.1) is 0 Å². The van der Waals surface area contributed by atoms with Crippen LogP contribution in [0.4, 0.5) is 0 Å². The second-order valence-corrected chi connectivity index (χ2v) is 19.2. The van der Waals surface area contributed by atoms with Crippen LogP contribution >= 0.6 is 0 Å². The van der Waals surface area contributed by atoms with E-state index in [0.717, 1.165) is 38.5 Å². The molecule has 1 unspecified atom stereocenters. The fourth-order valence-electron chi connectivity index (χ4n) is 9.02. The maximum absolute atomic E-state index is 14.2. The third kappa shape index (κ3) is 26.2. The van der Waals surface area contributed by atoms with Crippen molar-refractivity contribution in [3.05, 3.63) is 48.0 Å². The molecule has 1 heterocycles. The van der Waals surface area contributed by atoms with Gasteiger partial charge in [-0.3, -0.25) is 9.59 Å². The summed E-state index contributed by atoms with van der Waals surface area (Å²) in [7, 11) is 0. The normalized spacial score (nSPS) is 20.3. The molecule has 0 spiro atoms. The smallest absolute Gasteiger partial charge is 0.220 e. The van der Waals surface area contributed by atoms with Gasteiger partial charge in [0.25, 0.3) is 0 Å². The Morgan fingerprint density at radius 2 is 1.03 bits per heavy atom. The molecule has 1 aliphatic heterocycles. The van der Waals surface area contributed by atoms with E-state index in [-0.39, 0.29) is 17.9 Å². The quantitative estimate of drug-likeness (QED) is 0.0212. The fourth-order valence-corrected chi connectivity index (χ4v) is 9.02. The van der Waals surface area contributed by atoms with Crippen molar-refractivity contribution >= 4 is 11.7 Å². The van der Waals surface area contributed by atoms with Crippen molar-refractivity contribution in [1.82, 2.24) is 5.32 Å². The maximum Gasteiger partial charge on any atom is 0.220 e. The minimum atomic E-state index is -2.23. The Morgan fingerprint density at radius 3 is 1.46 bits per heavy atom. The molecular weight excluding hydrogens is 819 g/mol. The number of benzene rings is 1. The lowest BCUT2D eigenvalue weighted by Crippen LogP contribution is -2.62. The first kappa shape index (κ1) is 58.9. The molecule has 65 heavy (non-hydrogen) atoms. The summed E-state index contributed by atoms with van der Waals surface area (Å²) in [4.78, 5) is 27.8. The molecule has 1 amide bonds. The number of hydrogen-bond acceptors (Lipinski definition) is 9. The van der Waals surface area contributed by atoms with E-state index in [4.69, 9.17) is 9.47 Å². The molecule has 0 bridgehead atoms. The van der Waals surface area contributed by atoms with E-state index in [1.165, 1.54) is 167 Å². The highest BCUT2D eigenvalue weighted by molar-refractivity contribution is 6.04. The largest absolute Gasteiger partial charge is 0.394 e. The lowest BCUT2D eigenvalue weighted by atomic mass is 9.85. The molecule has 1 fully saturated rings. The van der Waals surface area contributed by atoms with Crippen molar-refractivity contribution < 1.29 is 44.6 Å². The molecule has 1 aromatic rings. The Kier molecular flexibility index (Phi) is 35.1. The predicted molar refractivity (Wildman–Crippen MR) is 265 cm³/mol. The summed E-state index contributed by atoms with van der Waals surface area (Å²) in [6, 6.07) is 7.13. The van der Waals surface area contributed by atoms with Gasteiger partial charge in [0.2, 0.25) is 11.7 Å². The van der Waals surface area contributed by atoms with Crippen LogP contribution in [-0.2, 0) is 14.3 Å². The fraction of sp³-hybridized carbons (Fsp3) is 0.818. The second-order valence-electron chi connectivity index (χ2n) is 19.2. The van der Waals surface area contributed by atoms with E-state index in [0.29, 0.717) is 12.8 Å². The first-order valence-electron chi connectivity index (χ1n) is 26.9. The number of aliphatic hydroxyl groups excluding tert-OH is 4. The first-order chi connectivity index (χ1) is 31.7. The number of nitrogens with one attached hydrogen (secondary N) is 1. The number of Topliss-reactive ketones (excluding diaryl/α,β-unsaturated/α-hetero) is 1. The van der Waals surface area contributed by atoms with Gasteiger partial charge in [0.15, 0.2) is 11.9 Å². The molecule has 10 nitrogen and oxygen atoms in total. The molecule has 0 saturated carbocycles. The zero-order chi connectivity index (χ0) is 47.2. The van der Waals surface area contributed by atoms with Crippen LogP contribution in [0.3, 0.4) is 0 Å². The molecule has 376 valence electrons. The molecule has 7 atom stereocenters. The molecule has 1 saturated heterocycles. The number of amides is 1. The molecule has 6 N–H and O–H groups in total. The van der Waals surface area contributed by atoms with E-state index in [9.17, 15) is 35.1 Å². The number of ketones is 1. The zero-order valence-electron chi connectivity index (χ0n) is 41.3. The van der Waals surface area contributed by atoms with Gasteiger partial charge in [-0.25, -0.2) is 0 Å². The lowest BCUT2D eigenvalue weighted by molar-refractivity contribution is -0.303. The van der Waals surface area contributed by atoms with Gasteiger partial charge in [-0.1, -0.05) is 243 Å². The third-order valence-electron chi connectivity index (χ3n) is 13.4. The van der Waals surface area contributed by atoms with Gasteiger partial charge in [-0.2, -0.15) is 0 Å². The van der Waals surface area contributed by atoms with Gasteiger partial charge in [0.1, 0.15) is 24.4 Å². The van der Waals surface area contributed by atoms with Gasteiger partial charge in [0.05, 0.1) is 19.3 Å². The lowest BCUT2D eigenvalue weighted by Gasteiger charge is -2.41. The van der Waals surface area contributed by atoms with Gasteiger partial charge in [0, 0.05) is 12.0 Å². The summed E-state index contributed by atoms with van der Waals surface area (Å²) in [5.41, 5.74) is -1.97. The number of hydrogen-bond donors (Lipinski definition) is 6. The van der Waals surface area contributed by atoms with E-state index in [1.54, 1.807) is 36.4 Å². The van der Waals surface area contributed by atoms with E-state index in [1.807, 2.05) is 0 Å². The topological polar surface area (TPSA) is 166 Å². The van der Waals surface area contributed by atoms with Gasteiger partial charge in [-0.05, 0) is 25.3 Å². The summed E-state index contributed by atoms with van der Waals surface area (Å²) < 4.78 is 11.5. The highest BCUT2D eigenvalue weighted by Crippen LogP contribution is 2.26. The van der Waals surface area contributed by atoms with Crippen LogP contribution in [0.5, 0.6) is 0 Å². The molecule has 1 aliphatic rings. The van der Waals surface area contributed by atoms with Crippen molar-refractivity contribution in [3.63, 3.8) is 0 Å². The number of rotatable bonds is 43. The molecule has 0 aliphatic carbocycles. The SMILES string of the molecule is CCCCCCCCCCCCC/C=C/[C@@](O)(C(=O)c1ccccc1)[C@@H](COC1O[C@H](CO)[C@@H](O)[C@H](O)[C@H]1O)NC(=O)CCCCCCCCCCCCCCCCCCCCCCC. The molecule has 1 aromatic carbocycles. The number of ether oxygens (including phenoxy) is 2. The zero-order valence-corrected chi connectivity index (χ0v) is 41.3. The molecular formula is C55H97NO9. The second kappa shape index (κ2) is 38.8. The monoisotopic (exact) mass is 916 g/mol. The Bertz CT molecular complexity index is 1310. The number of aliphatic hydroxyl groups is 5. The van der Waals surface area contributed by atoms with Crippen molar-refractivity contribution in [2.45, 2.75) is 275 Å². The molecule has 0 radical (unpaired) electrons.